The second-order valence-corrected chi connectivity index (χ2v) is 3.10. The van der Waals surface area contributed by atoms with Crippen LogP contribution < -0.4 is 5.73 Å². The molecule has 1 rings (SSSR count). The molecule has 1 fully saturated rings. The summed E-state index contributed by atoms with van der Waals surface area (Å²) in [6, 6.07) is 0. The number of ether oxygens (including phenoxy) is 2. The number of hydrogen-bond acceptors (Lipinski definition) is 4. The molecule has 1 aliphatic heterocycles. The first-order valence-corrected chi connectivity index (χ1v) is 4.29. The van der Waals surface area contributed by atoms with Crippen LogP contribution in [0.2, 0.25) is 0 Å². The lowest BCUT2D eigenvalue weighted by Gasteiger charge is -2.13. The monoisotopic (exact) mass is 174 g/mol. The van der Waals surface area contributed by atoms with Crippen LogP contribution >= 0.6 is 0 Å². The smallest absolute Gasteiger partial charge is 0.0971 e. The van der Waals surface area contributed by atoms with Gasteiger partial charge in [-0.05, 0) is 0 Å². The predicted octanol–water partition coefficient (Wildman–Crippen LogP) is -0.709. The molecule has 1 saturated heterocycles. The molecule has 0 unspecified atom stereocenters. The van der Waals surface area contributed by atoms with Gasteiger partial charge < -0.3 is 15.2 Å². The van der Waals surface area contributed by atoms with Gasteiger partial charge in [0, 0.05) is 40.4 Å². The van der Waals surface area contributed by atoms with Crippen LogP contribution in [0.1, 0.15) is 0 Å². The largest absolute Gasteiger partial charge is 0.377 e. The standard InChI is InChI=1S/C8H18N2O2/c1-11-7-5-10(4-3-9)6-8(7)12-2/h7-8H,3-6,9H2,1-2H3/t7-,8-/m0/s1. The third kappa shape index (κ3) is 2.17. The number of nitrogens with zero attached hydrogens (tertiary/aromatic N) is 1. The van der Waals surface area contributed by atoms with Gasteiger partial charge in [-0.2, -0.15) is 0 Å². The normalized spacial score (nSPS) is 31.2. The highest BCUT2D eigenvalue weighted by molar-refractivity contribution is 4.85. The molecular weight excluding hydrogens is 156 g/mol. The average molecular weight is 174 g/mol. The Kier molecular flexibility index (Phi) is 3.94. The average Bonchev–Trinajstić information content (AvgIpc) is 2.48. The molecule has 2 N–H and O–H groups in total. The Morgan fingerprint density at radius 1 is 1.25 bits per heavy atom. The summed E-state index contributed by atoms with van der Waals surface area (Å²) in [7, 11) is 3.45. The minimum atomic E-state index is 0.210. The van der Waals surface area contributed by atoms with Gasteiger partial charge in [-0.1, -0.05) is 0 Å². The maximum absolute atomic E-state index is 5.46. The van der Waals surface area contributed by atoms with E-state index in [1.54, 1.807) is 14.2 Å². The van der Waals surface area contributed by atoms with E-state index in [0.29, 0.717) is 6.54 Å². The maximum atomic E-state index is 5.46. The van der Waals surface area contributed by atoms with Crippen molar-refractivity contribution >= 4 is 0 Å². The summed E-state index contributed by atoms with van der Waals surface area (Å²) in [4.78, 5) is 2.27. The van der Waals surface area contributed by atoms with Crippen molar-refractivity contribution < 1.29 is 9.47 Å². The molecule has 0 amide bonds. The fraction of sp³-hybridized carbons (Fsp3) is 1.00. The Hall–Kier alpha value is -0.160. The zero-order valence-corrected chi connectivity index (χ0v) is 7.82. The SMILES string of the molecule is CO[C@H]1CN(CCN)C[C@@H]1OC. The molecule has 0 radical (unpaired) electrons. The lowest BCUT2D eigenvalue weighted by Crippen LogP contribution is -2.28. The summed E-state index contributed by atoms with van der Waals surface area (Å²) in [6.07, 6.45) is 0.420. The topological polar surface area (TPSA) is 47.7 Å². The van der Waals surface area contributed by atoms with Crippen LogP contribution in [-0.2, 0) is 9.47 Å². The predicted molar refractivity (Wildman–Crippen MR) is 47.1 cm³/mol. The van der Waals surface area contributed by atoms with Gasteiger partial charge in [-0.25, -0.2) is 0 Å². The highest BCUT2D eigenvalue weighted by Crippen LogP contribution is 2.14. The Bertz CT molecular complexity index is 120. The van der Waals surface area contributed by atoms with Gasteiger partial charge in [-0.15, -0.1) is 0 Å². The first kappa shape index (κ1) is 9.92. The van der Waals surface area contributed by atoms with Gasteiger partial charge >= 0.3 is 0 Å². The minimum absolute atomic E-state index is 0.210. The van der Waals surface area contributed by atoms with Crippen LogP contribution in [0, 0.1) is 0 Å². The number of likely N-dealkylation sites (tertiary alicyclic amines) is 1. The van der Waals surface area contributed by atoms with Crippen molar-refractivity contribution in [3.05, 3.63) is 0 Å². The molecule has 0 aromatic rings. The molecule has 0 spiro atoms. The first-order chi connectivity index (χ1) is 5.81. The van der Waals surface area contributed by atoms with Crippen molar-refractivity contribution in [2.75, 3.05) is 40.4 Å². The summed E-state index contributed by atoms with van der Waals surface area (Å²) < 4.78 is 10.6. The summed E-state index contributed by atoms with van der Waals surface area (Å²) in [5.41, 5.74) is 5.46. The highest BCUT2D eigenvalue weighted by Gasteiger charge is 2.31. The third-order valence-corrected chi connectivity index (χ3v) is 2.34. The van der Waals surface area contributed by atoms with Crippen molar-refractivity contribution in [1.29, 1.82) is 0 Å². The van der Waals surface area contributed by atoms with Crippen molar-refractivity contribution in [2.45, 2.75) is 12.2 Å². The molecule has 4 heteroatoms. The van der Waals surface area contributed by atoms with E-state index in [1.165, 1.54) is 0 Å². The quantitative estimate of drug-likeness (QED) is 0.611. The highest BCUT2D eigenvalue weighted by atomic mass is 16.5. The van der Waals surface area contributed by atoms with Gasteiger partial charge in [0.2, 0.25) is 0 Å². The lowest BCUT2D eigenvalue weighted by atomic mass is 10.3. The second kappa shape index (κ2) is 4.77. The Labute approximate surface area is 73.6 Å². The van der Waals surface area contributed by atoms with Crippen molar-refractivity contribution in [3.8, 4) is 0 Å². The van der Waals surface area contributed by atoms with Crippen molar-refractivity contribution in [2.24, 2.45) is 5.73 Å². The van der Waals surface area contributed by atoms with E-state index in [-0.39, 0.29) is 12.2 Å². The maximum Gasteiger partial charge on any atom is 0.0971 e. The fourth-order valence-corrected chi connectivity index (χ4v) is 1.64. The van der Waals surface area contributed by atoms with E-state index >= 15 is 0 Å². The molecule has 0 aromatic carbocycles. The molecule has 2 atom stereocenters. The van der Waals surface area contributed by atoms with Crippen LogP contribution in [0.25, 0.3) is 0 Å². The number of methoxy groups -OCH3 is 2. The molecule has 0 bridgehead atoms. The van der Waals surface area contributed by atoms with E-state index in [0.717, 1.165) is 19.6 Å². The summed E-state index contributed by atoms with van der Waals surface area (Å²) >= 11 is 0. The van der Waals surface area contributed by atoms with Crippen molar-refractivity contribution in [1.82, 2.24) is 4.90 Å². The second-order valence-electron chi connectivity index (χ2n) is 3.10. The number of rotatable bonds is 4. The molecule has 1 aliphatic rings. The number of hydrogen-bond donors (Lipinski definition) is 1. The van der Waals surface area contributed by atoms with Crippen LogP contribution in [0.15, 0.2) is 0 Å². The third-order valence-electron chi connectivity index (χ3n) is 2.34. The van der Waals surface area contributed by atoms with E-state index in [4.69, 9.17) is 15.2 Å². The first-order valence-electron chi connectivity index (χ1n) is 4.29. The minimum Gasteiger partial charge on any atom is -0.377 e. The van der Waals surface area contributed by atoms with Crippen LogP contribution in [0.4, 0.5) is 0 Å². The zero-order chi connectivity index (χ0) is 8.97. The van der Waals surface area contributed by atoms with Crippen molar-refractivity contribution in [3.63, 3.8) is 0 Å². The van der Waals surface area contributed by atoms with Crippen LogP contribution in [0.3, 0.4) is 0 Å². The molecule has 72 valence electrons. The Morgan fingerprint density at radius 3 is 2.08 bits per heavy atom. The molecular formula is C8H18N2O2. The van der Waals surface area contributed by atoms with E-state index in [1.807, 2.05) is 0 Å². The molecule has 12 heavy (non-hydrogen) atoms. The van der Waals surface area contributed by atoms with Gasteiger partial charge in [0.15, 0.2) is 0 Å². The van der Waals surface area contributed by atoms with E-state index in [9.17, 15) is 0 Å². The Morgan fingerprint density at radius 2 is 1.75 bits per heavy atom. The summed E-state index contributed by atoms with van der Waals surface area (Å²) in [5.74, 6) is 0. The Balaban J connectivity index is 2.36. The summed E-state index contributed by atoms with van der Waals surface area (Å²) in [6.45, 7) is 3.50. The number of nitrogens with two attached hydrogens (primary N) is 1. The van der Waals surface area contributed by atoms with Gasteiger partial charge in [0.1, 0.15) is 0 Å². The van der Waals surface area contributed by atoms with Gasteiger partial charge in [-0.3, -0.25) is 4.90 Å². The van der Waals surface area contributed by atoms with Crippen LogP contribution in [0.5, 0.6) is 0 Å². The van der Waals surface area contributed by atoms with Gasteiger partial charge in [0.05, 0.1) is 12.2 Å². The van der Waals surface area contributed by atoms with E-state index in [2.05, 4.69) is 4.90 Å². The molecule has 1 heterocycles. The van der Waals surface area contributed by atoms with Gasteiger partial charge in [0.25, 0.3) is 0 Å². The van der Waals surface area contributed by atoms with E-state index < -0.39 is 0 Å². The zero-order valence-electron chi connectivity index (χ0n) is 7.82. The summed E-state index contributed by atoms with van der Waals surface area (Å²) in [5, 5.41) is 0. The molecule has 4 nitrogen and oxygen atoms in total. The fourth-order valence-electron chi connectivity index (χ4n) is 1.64. The molecule has 0 aliphatic carbocycles. The lowest BCUT2D eigenvalue weighted by molar-refractivity contribution is -0.00461. The molecule has 0 aromatic heterocycles. The van der Waals surface area contributed by atoms with Crippen LogP contribution in [-0.4, -0.2) is 57.5 Å². The molecule has 0 saturated carbocycles.